The van der Waals surface area contributed by atoms with Gasteiger partial charge < -0.3 is 10.6 Å². The van der Waals surface area contributed by atoms with Crippen molar-refractivity contribution >= 4 is 17.3 Å². The summed E-state index contributed by atoms with van der Waals surface area (Å²) in [4.78, 5) is 19.0. The topological polar surface area (TPSA) is 93.0 Å². The fourth-order valence-electron chi connectivity index (χ4n) is 2.63. The summed E-state index contributed by atoms with van der Waals surface area (Å²) in [6.45, 7) is 0. The third-order valence-corrected chi connectivity index (χ3v) is 3.79. The molecular formula is C18H17N5O2. The number of aromatic nitrogens is 2. The van der Waals surface area contributed by atoms with E-state index in [-0.39, 0.29) is 23.4 Å². The monoisotopic (exact) mass is 335 g/mol. The van der Waals surface area contributed by atoms with Crippen LogP contribution >= 0.6 is 0 Å². The molecule has 1 heterocycles. The molecule has 0 fully saturated rings. The average Bonchev–Trinajstić information content (AvgIpc) is 2.67. The molecule has 7 heteroatoms. The number of rotatable bonds is 6. The second kappa shape index (κ2) is 7.39. The van der Waals surface area contributed by atoms with E-state index in [2.05, 4.69) is 20.6 Å². The van der Waals surface area contributed by atoms with Crippen molar-refractivity contribution in [2.45, 2.75) is 6.04 Å². The van der Waals surface area contributed by atoms with E-state index in [0.29, 0.717) is 0 Å². The molecule has 25 heavy (non-hydrogen) atoms. The highest BCUT2D eigenvalue weighted by molar-refractivity contribution is 5.70. The Labute approximate surface area is 144 Å². The van der Waals surface area contributed by atoms with Crippen LogP contribution in [0.5, 0.6) is 0 Å². The molecular weight excluding hydrogens is 318 g/mol. The van der Waals surface area contributed by atoms with Crippen molar-refractivity contribution in [3.63, 3.8) is 0 Å². The van der Waals surface area contributed by atoms with Crippen molar-refractivity contribution < 1.29 is 4.92 Å². The van der Waals surface area contributed by atoms with Gasteiger partial charge in [-0.25, -0.2) is 9.97 Å². The zero-order chi connectivity index (χ0) is 17.6. The molecule has 0 spiro atoms. The molecule has 2 aromatic carbocycles. The first-order valence-corrected chi connectivity index (χ1v) is 7.74. The number of nitrogens with zero attached hydrogens (tertiary/aromatic N) is 3. The van der Waals surface area contributed by atoms with E-state index in [4.69, 9.17) is 0 Å². The Bertz CT molecular complexity index is 816. The predicted octanol–water partition coefficient (Wildman–Crippen LogP) is 3.63. The van der Waals surface area contributed by atoms with Gasteiger partial charge in [0.2, 0.25) is 11.6 Å². The first-order chi connectivity index (χ1) is 12.2. The van der Waals surface area contributed by atoms with Crippen molar-refractivity contribution in [3.8, 4) is 0 Å². The third-order valence-electron chi connectivity index (χ3n) is 3.79. The summed E-state index contributed by atoms with van der Waals surface area (Å²) in [5.41, 5.74) is 1.78. The van der Waals surface area contributed by atoms with Crippen LogP contribution in [0.4, 0.5) is 17.3 Å². The van der Waals surface area contributed by atoms with Crippen molar-refractivity contribution in [1.82, 2.24) is 9.97 Å². The minimum absolute atomic E-state index is 0.169. The number of nitro groups is 1. The van der Waals surface area contributed by atoms with Gasteiger partial charge in [-0.3, -0.25) is 10.1 Å². The highest BCUT2D eigenvalue weighted by Gasteiger charge is 2.25. The predicted molar refractivity (Wildman–Crippen MR) is 96.6 cm³/mol. The van der Waals surface area contributed by atoms with Crippen molar-refractivity contribution in [3.05, 3.63) is 88.2 Å². The molecule has 0 saturated carbocycles. The zero-order valence-corrected chi connectivity index (χ0v) is 13.6. The zero-order valence-electron chi connectivity index (χ0n) is 13.6. The molecule has 0 saturated heterocycles. The van der Waals surface area contributed by atoms with Gasteiger partial charge in [-0.05, 0) is 11.1 Å². The van der Waals surface area contributed by atoms with Gasteiger partial charge >= 0.3 is 5.69 Å². The van der Waals surface area contributed by atoms with E-state index in [1.165, 1.54) is 6.33 Å². The molecule has 0 amide bonds. The third kappa shape index (κ3) is 3.55. The highest BCUT2D eigenvalue weighted by atomic mass is 16.6. The number of hydrogen-bond donors (Lipinski definition) is 2. The van der Waals surface area contributed by atoms with Crippen LogP contribution in [0.2, 0.25) is 0 Å². The van der Waals surface area contributed by atoms with E-state index >= 15 is 0 Å². The van der Waals surface area contributed by atoms with Gasteiger partial charge in [0.1, 0.15) is 6.33 Å². The van der Waals surface area contributed by atoms with Gasteiger partial charge in [0.05, 0.1) is 11.0 Å². The fraction of sp³-hybridized carbons (Fsp3) is 0.111. The van der Waals surface area contributed by atoms with Crippen LogP contribution in [0.25, 0.3) is 0 Å². The van der Waals surface area contributed by atoms with Crippen LogP contribution in [0.1, 0.15) is 17.2 Å². The Balaban J connectivity index is 2.07. The molecule has 0 unspecified atom stereocenters. The van der Waals surface area contributed by atoms with Crippen LogP contribution < -0.4 is 10.6 Å². The molecule has 3 rings (SSSR count). The van der Waals surface area contributed by atoms with Crippen molar-refractivity contribution in [2.24, 2.45) is 0 Å². The minimum Gasteiger partial charge on any atom is -0.367 e. The first-order valence-electron chi connectivity index (χ1n) is 7.74. The van der Waals surface area contributed by atoms with E-state index < -0.39 is 4.92 Å². The van der Waals surface area contributed by atoms with Crippen LogP contribution in [-0.2, 0) is 0 Å². The molecule has 0 aliphatic carbocycles. The Hall–Kier alpha value is -3.48. The lowest BCUT2D eigenvalue weighted by molar-refractivity contribution is -0.383. The Kier molecular flexibility index (Phi) is 4.84. The summed E-state index contributed by atoms with van der Waals surface area (Å²) < 4.78 is 0. The maximum Gasteiger partial charge on any atom is 0.353 e. The lowest BCUT2D eigenvalue weighted by atomic mass is 9.99. The minimum atomic E-state index is -0.485. The molecule has 2 N–H and O–H groups in total. The van der Waals surface area contributed by atoms with E-state index in [9.17, 15) is 10.1 Å². The number of hydrogen-bond acceptors (Lipinski definition) is 6. The van der Waals surface area contributed by atoms with E-state index in [1.54, 1.807) is 7.05 Å². The number of anilines is 2. The average molecular weight is 335 g/mol. The van der Waals surface area contributed by atoms with Gasteiger partial charge in [0.25, 0.3) is 0 Å². The summed E-state index contributed by atoms with van der Waals surface area (Å²) in [7, 11) is 1.59. The number of benzene rings is 2. The molecule has 0 aliphatic heterocycles. The molecule has 3 aromatic rings. The van der Waals surface area contributed by atoms with Gasteiger partial charge in [0.15, 0.2) is 0 Å². The largest absolute Gasteiger partial charge is 0.367 e. The van der Waals surface area contributed by atoms with Crippen molar-refractivity contribution in [1.29, 1.82) is 0 Å². The fourth-order valence-corrected chi connectivity index (χ4v) is 2.63. The summed E-state index contributed by atoms with van der Waals surface area (Å²) in [5, 5.41) is 17.4. The van der Waals surface area contributed by atoms with Gasteiger partial charge in [-0.1, -0.05) is 60.7 Å². The summed E-state index contributed by atoms with van der Waals surface area (Å²) in [5.74, 6) is 0.337. The molecule has 1 aromatic heterocycles. The molecule has 126 valence electrons. The molecule has 0 aliphatic rings. The van der Waals surface area contributed by atoms with E-state index in [0.717, 1.165) is 11.1 Å². The SMILES string of the molecule is CNc1ncnc(NC(c2ccccc2)c2ccccc2)c1[N+](=O)[O-]. The summed E-state index contributed by atoms with van der Waals surface area (Å²) >= 11 is 0. The smallest absolute Gasteiger partial charge is 0.353 e. The molecule has 0 bridgehead atoms. The first kappa shape index (κ1) is 16.4. The molecule has 7 nitrogen and oxygen atoms in total. The standard InChI is InChI=1S/C18H17N5O2/c1-19-17-16(23(24)25)18(21-12-20-17)22-15(13-8-4-2-5-9-13)14-10-6-3-7-11-14/h2-12,15H,1H3,(H2,19,20,21,22). The van der Waals surface area contributed by atoms with Crippen LogP contribution in [0.15, 0.2) is 67.0 Å². The second-order valence-corrected chi connectivity index (χ2v) is 5.33. The lowest BCUT2D eigenvalue weighted by Crippen LogP contribution is -2.15. The van der Waals surface area contributed by atoms with Crippen molar-refractivity contribution in [2.75, 3.05) is 17.7 Å². The van der Waals surface area contributed by atoms with Gasteiger partial charge in [-0.15, -0.1) is 0 Å². The number of nitrogens with one attached hydrogen (secondary N) is 2. The Morgan fingerprint density at radius 3 is 1.92 bits per heavy atom. The molecule has 0 atom stereocenters. The Morgan fingerprint density at radius 2 is 1.44 bits per heavy atom. The maximum atomic E-state index is 11.5. The molecule has 0 radical (unpaired) electrons. The normalized spacial score (nSPS) is 10.5. The highest BCUT2D eigenvalue weighted by Crippen LogP contribution is 2.33. The Morgan fingerprint density at radius 1 is 0.920 bits per heavy atom. The van der Waals surface area contributed by atoms with Gasteiger partial charge in [0, 0.05) is 7.05 Å². The van der Waals surface area contributed by atoms with E-state index in [1.807, 2.05) is 60.7 Å². The maximum absolute atomic E-state index is 11.5. The van der Waals surface area contributed by atoms with Crippen LogP contribution in [-0.4, -0.2) is 21.9 Å². The quantitative estimate of drug-likeness (QED) is 0.528. The van der Waals surface area contributed by atoms with Crippen LogP contribution in [0, 0.1) is 10.1 Å². The second-order valence-electron chi connectivity index (χ2n) is 5.33. The van der Waals surface area contributed by atoms with Crippen LogP contribution in [0.3, 0.4) is 0 Å². The van der Waals surface area contributed by atoms with Gasteiger partial charge in [-0.2, -0.15) is 0 Å². The lowest BCUT2D eigenvalue weighted by Gasteiger charge is -2.20. The summed E-state index contributed by atoms with van der Waals surface area (Å²) in [6.07, 6.45) is 1.30. The summed E-state index contributed by atoms with van der Waals surface area (Å²) in [6, 6.07) is 19.2.